The van der Waals surface area contributed by atoms with E-state index in [-0.39, 0.29) is 11.4 Å². The van der Waals surface area contributed by atoms with Crippen LogP contribution in [0.2, 0.25) is 0 Å². The molecule has 82 valence electrons. The number of nitrogens with one attached hydrogen (secondary N) is 1. The van der Waals surface area contributed by atoms with Crippen molar-refractivity contribution >= 4 is 17.1 Å². The van der Waals surface area contributed by atoms with Gasteiger partial charge in [0, 0.05) is 12.2 Å². The first-order valence-corrected chi connectivity index (χ1v) is 4.78. The molecule has 0 spiro atoms. The van der Waals surface area contributed by atoms with Crippen LogP contribution < -0.4 is 27.6 Å². The Labute approximate surface area is 91.4 Å². The van der Waals surface area contributed by atoms with E-state index < -0.39 is 10.9 Å². The van der Waals surface area contributed by atoms with Crippen LogP contribution in [0.4, 0.5) is 17.1 Å². The van der Waals surface area contributed by atoms with E-state index in [1.165, 1.54) is 0 Å². The Balaban J connectivity index is 2.28. The summed E-state index contributed by atoms with van der Waals surface area (Å²) in [5.74, 6) is 0. The molecule has 5 N–H and O–H groups in total. The van der Waals surface area contributed by atoms with Gasteiger partial charge in [0.15, 0.2) is 0 Å². The van der Waals surface area contributed by atoms with Crippen LogP contribution in [-0.4, -0.2) is 0 Å². The van der Waals surface area contributed by atoms with E-state index in [1.54, 1.807) is 12.1 Å². The second-order valence-electron chi connectivity index (χ2n) is 3.48. The first-order valence-electron chi connectivity index (χ1n) is 4.78. The maximum atomic E-state index is 11.2. The van der Waals surface area contributed by atoms with Gasteiger partial charge in [-0.25, -0.2) is 0 Å². The van der Waals surface area contributed by atoms with Crippen LogP contribution in [0.1, 0.15) is 5.56 Å². The highest BCUT2D eigenvalue weighted by Crippen LogP contribution is 2.18. The molecule has 2 rings (SSSR count). The highest BCUT2D eigenvalue weighted by atomic mass is 16.2. The highest BCUT2D eigenvalue weighted by Gasteiger charge is 2.17. The van der Waals surface area contributed by atoms with Gasteiger partial charge in [0.05, 0.1) is 0 Å². The first-order chi connectivity index (χ1) is 7.63. The van der Waals surface area contributed by atoms with Crippen molar-refractivity contribution in [2.24, 2.45) is 5.73 Å². The molecule has 0 aromatic heterocycles. The number of nitrogens with two attached hydrogens (primary N) is 2. The summed E-state index contributed by atoms with van der Waals surface area (Å²) in [6.45, 7) is 0.414. The predicted octanol–water partition coefficient (Wildman–Crippen LogP) is 0.0671. The number of nitrogen functional groups attached to an aromatic ring is 1. The van der Waals surface area contributed by atoms with Crippen LogP contribution in [0.25, 0.3) is 0 Å². The molecule has 5 heteroatoms. The van der Waals surface area contributed by atoms with Gasteiger partial charge in [0.2, 0.25) is 0 Å². The molecule has 16 heavy (non-hydrogen) atoms. The van der Waals surface area contributed by atoms with Gasteiger partial charge in [0.25, 0.3) is 10.9 Å². The van der Waals surface area contributed by atoms with Gasteiger partial charge in [-0.2, -0.15) is 0 Å². The Bertz CT molecular complexity index is 597. The summed E-state index contributed by atoms with van der Waals surface area (Å²) in [7, 11) is 0. The fraction of sp³-hybridized carbons (Fsp3) is 0.0909. The van der Waals surface area contributed by atoms with Crippen LogP contribution in [-0.2, 0) is 6.54 Å². The third-order valence-electron chi connectivity index (χ3n) is 2.38. The van der Waals surface area contributed by atoms with Crippen molar-refractivity contribution in [1.29, 1.82) is 0 Å². The average molecular weight is 217 g/mol. The lowest BCUT2D eigenvalue weighted by molar-refractivity contribution is 1.07. The molecule has 2 aromatic carbocycles. The molecule has 0 aliphatic carbocycles. The topological polar surface area (TPSA) is 98.2 Å². The zero-order chi connectivity index (χ0) is 11.7. The summed E-state index contributed by atoms with van der Waals surface area (Å²) in [6.07, 6.45) is 0. The molecule has 0 atom stereocenters. The lowest BCUT2D eigenvalue weighted by Gasteiger charge is -2.10. The van der Waals surface area contributed by atoms with Crippen LogP contribution in [0.3, 0.4) is 0 Å². The van der Waals surface area contributed by atoms with Gasteiger partial charge in [-0.3, -0.25) is 9.59 Å². The van der Waals surface area contributed by atoms with E-state index in [9.17, 15) is 9.59 Å². The first kappa shape index (κ1) is 10.4. The predicted molar refractivity (Wildman–Crippen MR) is 63.4 cm³/mol. The summed E-state index contributed by atoms with van der Waals surface area (Å²) in [5.41, 5.74) is 11.5. The van der Waals surface area contributed by atoms with Crippen molar-refractivity contribution in [3.05, 3.63) is 50.3 Å². The van der Waals surface area contributed by atoms with E-state index in [4.69, 9.17) is 11.5 Å². The smallest absolute Gasteiger partial charge is 0.253 e. The zero-order valence-corrected chi connectivity index (χ0v) is 8.49. The van der Waals surface area contributed by atoms with E-state index in [0.717, 1.165) is 5.56 Å². The Morgan fingerprint density at radius 2 is 1.94 bits per heavy atom. The van der Waals surface area contributed by atoms with Crippen molar-refractivity contribution in [2.75, 3.05) is 11.1 Å². The Morgan fingerprint density at radius 1 is 1.19 bits per heavy atom. The van der Waals surface area contributed by atoms with E-state index in [1.807, 2.05) is 12.1 Å². The summed E-state index contributed by atoms with van der Waals surface area (Å²) in [4.78, 5) is 22.0. The fourth-order valence-corrected chi connectivity index (χ4v) is 1.45. The van der Waals surface area contributed by atoms with Crippen molar-refractivity contribution in [2.45, 2.75) is 6.54 Å². The molecule has 0 aliphatic heterocycles. The number of benzene rings is 1. The maximum Gasteiger partial charge on any atom is 0.253 e. The van der Waals surface area contributed by atoms with Crippen LogP contribution in [0.15, 0.2) is 33.9 Å². The quantitative estimate of drug-likeness (QED) is 0.632. The third kappa shape index (κ3) is 1.57. The monoisotopic (exact) mass is 217 g/mol. The van der Waals surface area contributed by atoms with Crippen molar-refractivity contribution in [3.8, 4) is 0 Å². The van der Waals surface area contributed by atoms with E-state index >= 15 is 0 Å². The molecule has 0 saturated carbocycles. The van der Waals surface area contributed by atoms with Crippen LogP contribution in [0, 0.1) is 0 Å². The molecule has 0 heterocycles. The summed E-state index contributed by atoms with van der Waals surface area (Å²) in [6, 6.07) is 7.26. The number of anilines is 3. The molecule has 5 nitrogen and oxygen atoms in total. The van der Waals surface area contributed by atoms with Crippen molar-refractivity contribution in [3.63, 3.8) is 0 Å². The molecule has 0 unspecified atom stereocenters. The number of hydrogen-bond acceptors (Lipinski definition) is 5. The van der Waals surface area contributed by atoms with Gasteiger partial charge >= 0.3 is 0 Å². The minimum Gasteiger partial charge on any atom is -0.394 e. The summed E-state index contributed by atoms with van der Waals surface area (Å²) in [5, 5.41) is 2.81. The normalized spacial score (nSPS) is 10.6. The Kier molecular flexibility index (Phi) is 2.46. The van der Waals surface area contributed by atoms with Crippen LogP contribution in [0.5, 0.6) is 0 Å². The van der Waals surface area contributed by atoms with E-state index in [2.05, 4.69) is 5.32 Å². The molecule has 0 aliphatic rings. The van der Waals surface area contributed by atoms with Gasteiger partial charge in [-0.1, -0.05) is 12.1 Å². The number of hydrogen-bond donors (Lipinski definition) is 3. The molecular weight excluding hydrogens is 206 g/mol. The van der Waals surface area contributed by atoms with Gasteiger partial charge in [0.1, 0.15) is 11.4 Å². The maximum absolute atomic E-state index is 11.2. The lowest BCUT2D eigenvalue weighted by Crippen LogP contribution is -2.36. The zero-order valence-electron chi connectivity index (χ0n) is 8.49. The molecule has 2 aromatic rings. The van der Waals surface area contributed by atoms with E-state index in [0.29, 0.717) is 12.2 Å². The minimum absolute atomic E-state index is 0.0110. The molecule has 0 radical (unpaired) electrons. The second kappa shape index (κ2) is 3.79. The Morgan fingerprint density at radius 3 is 2.56 bits per heavy atom. The van der Waals surface area contributed by atoms with Crippen LogP contribution >= 0.6 is 0 Å². The number of rotatable bonds is 3. The summed E-state index contributed by atoms with van der Waals surface area (Å²) >= 11 is 0. The third-order valence-corrected chi connectivity index (χ3v) is 2.38. The van der Waals surface area contributed by atoms with Crippen molar-refractivity contribution in [1.82, 2.24) is 0 Å². The average Bonchev–Trinajstić information content (AvgIpc) is 2.34. The minimum atomic E-state index is -0.627. The Hall–Kier alpha value is -2.14. The molecule has 0 fully saturated rings. The molecule has 0 bridgehead atoms. The highest BCUT2D eigenvalue weighted by molar-refractivity contribution is 5.76. The van der Waals surface area contributed by atoms with Gasteiger partial charge < -0.3 is 16.8 Å². The van der Waals surface area contributed by atoms with Gasteiger partial charge in [-0.15, -0.1) is 0 Å². The van der Waals surface area contributed by atoms with Crippen molar-refractivity contribution < 1.29 is 0 Å². The molecule has 0 amide bonds. The standard InChI is InChI=1S/C11H11N3O2/c12-5-6-2-1-3-7(4-6)14-9-8(13)10(15)11(9)16/h1-4,14H,5,12-13H2. The van der Waals surface area contributed by atoms with Gasteiger partial charge in [-0.05, 0) is 17.7 Å². The lowest BCUT2D eigenvalue weighted by atomic mass is 10.1. The second-order valence-corrected chi connectivity index (χ2v) is 3.48. The fourth-order valence-electron chi connectivity index (χ4n) is 1.45. The molecular formula is C11H11N3O2. The summed E-state index contributed by atoms with van der Waals surface area (Å²) < 4.78 is 0. The largest absolute Gasteiger partial charge is 0.394 e. The molecule has 0 saturated heterocycles. The SMILES string of the molecule is NCc1cccc(Nc2c(N)c(=O)c2=O)c1.